The number of nitrogens with two attached hydrogens (primary N) is 4. The Labute approximate surface area is 424 Å². The smallest absolute Gasteiger partial charge is 0.327 e. The second-order valence-electron chi connectivity index (χ2n) is 17.9. The summed E-state index contributed by atoms with van der Waals surface area (Å²) in [7, 11) is 1.18. The number of aliphatic hydroxyl groups is 1. The molecule has 0 spiro atoms. The van der Waals surface area contributed by atoms with E-state index in [0.29, 0.717) is 12.0 Å². The number of nitrogens with zero attached hydrogens (tertiary/aromatic N) is 3. The van der Waals surface area contributed by atoms with Gasteiger partial charge in [-0.2, -0.15) is 0 Å². The Hall–Kier alpha value is -7.83. The van der Waals surface area contributed by atoms with Crippen molar-refractivity contribution >= 4 is 65.2 Å². The molecule has 1 aliphatic rings. The average molecular weight is 1020 g/mol. The Kier molecular flexibility index (Phi) is 25.3. The number of hydrogen-bond donors (Lipinski definition) is 13. The number of allylic oxidation sites excluding steroid dienone is 2. The highest BCUT2D eigenvalue weighted by atomic mass is 16.4. The lowest BCUT2D eigenvalue weighted by Crippen LogP contribution is -2.59. The van der Waals surface area contributed by atoms with E-state index in [1.54, 1.807) is 26.0 Å². The second-order valence-corrected chi connectivity index (χ2v) is 17.9. The first kappa shape index (κ1) is 61.3. The molecule has 1 aromatic rings. The van der Waals surface area contributed by atoms with Crippen molar-refractivity contribution in [1.82, 2.24) is 36.8 Å². The highest BCUT2D eigenvalue weighted by Gasteiger charge is 2.37. The van der Waals surface area contributed by atoms with Crippen molar-refractivity contribution in [3.8, 4) is 0 Å². The molecule has 0 radical (unpaired) electrons. The van der Waals surface area contributed by atoms with Gasteiger partial charge in [-0.15, -0.1) is 0 Å². The largest absolute Gasteiger partial charge is 0.480 e. The third-order valence-electron chi connectivity index (χ3n) is 11.9. The van der Waals surface area contributed by atoms with Crippen LogP contribution in [0.25, 0.3) is 0 Å². The van der Waals surface area contributed by atoms with Gasteiger partial charge in [0.2, 0.25) is 35.4 Å². The minimum Gasteiger partial charge on any atom is -0.480 e. The lowest BCUT2D eigenvalue weighted by molar-refractivity contribution is -0.146. The van der Waals surface area contributed by atoms with Crippen LogP contribution in [0.3, 0.4) is 0 Å². The van der Waals surface area contributed by atoms with Gasteiger partial charge in [-0.05, 0) is 57.9 Å². The van der Waals surface area contributed by atoms with E-state index in [4.69, 9.17) is 22.9 Å². The Balaban J connectivity index is 2.73. The van der Waals surface area contributed by atoms with Crippen molar-refractivity contribution in [2.75, 3.05) is 20.1 Å². The summed E-state index contributed by atoms with van der Waals surface area (Å²) < 4.78 is 0. The summed E-state index contributed by atoms with van der Waals surface area (Å²) in [6, 6.07) is 0.164. The van der Waals surface area contributed by atoms with Gasteiger partial charge in [0.25, 0.3) is 5.91 Å². The summed E-state index contributed by atoms with van der Waals surface area (Å²) in [5.74, 6) is -13.5. The van der Waals surface area contributed by atoms with Crippen molar-refractivity contribution < 1.29 is 58.5 Å². The van der Waals surface area contributed by atoms with Crippen LogP contribution in [-0.2, 0) is 49.6 Å². The van der Waals surface area contributed by atoms with Gasteiger partial charge >= 0.3 is 11.9 Å². The first-order chi connectivity index (χ1) is 34.2. The number of aliphatic carboxylic acids is 2. The maximum atomic E-state index is 14.4. The highest BCUT2D eigenvalue weighted by molar-refractivity contribution is 6.00. The minimum atomic E-state index is -1.96. The number of nitrogens with one attached hydrogen (secondary N) is 6. The van der Waals surface area contributed by atoms with Gasteiger partial charge in [-0.3, -0.25) is 43.5 Å². The molecule has 7 amide bonds. The van der Waals surface area contributed by atoms with Gasteiger partial charge in [-0.25, -0.2) is 9.59 Å². The summed E-state index contributed by atoms with van der Waals surface area (Å²) >= 11 is 0. The van der Waals surface area contributed by atoms with E-state index < -0.39 is 126 Å². The number of benzene rings is 1. The SMILES string of the molecule is C=C1C(=O)N[C@H](C)C(=O)N[C@@H](CCCN=C(N)N)C(=O)N[C@@H](C(=O)O)[C@H](C)C(=O)N[C@@H](CCCN=C(N)N)C(=O)N[C@@H](/C=C/C(C)=C/[C@H](C)[C@@H](O)Cc2ccccc2)[C@H](C)C(=O)N[C@@H](C(=O)O)CCC(=O)N1C. The Morgan fingerprint density at radius 3 is 1.84 bits per heavy atom. The topological polar surface area (TPSA) is 419 Å². The molecule has 17 N–H and O–H groups in total. The number of aliphatic hydroxyl groups excluding tert-OH is 1. The molecule has 0 saturated carbocycles. The molecule has 1 aromatic carbocycles. The maximum absolute atomic E-state index is 14.4. The summed E-state index contributed by atoms with van der Waals surface area (Å²) in [6.07, 6.45) is 3.27. The van der Waals surface area contributed by atoms with Crippen LogP contribution in [0.5, 0.6) is 0 Å². The molecule has 73 heavy (non-hydrogen) atoms. The Bertz CT molecular complexity index is 2260. The van der Waals surface area contributed by atoms with Crippen LogP contribution in [0, 0.1) is 17.8 Å². The molecule has 2 rings (SSSR count). The van der Waals surface area contributed by atoms with Crippen LogP contribution in [0.4, 0.5) is 0 Å². The van der Waals surface area contributed by atoms with E-state index in [9.17, 15) is 58.5 Å². The molecule has 0 aromatic heterocycles. The first-order valence-corrected chi connectivity index (χ1v) is 23.7. The van der Waals surface area contributed by atoms with Crippen LogP contribution >= 0.6 is 0 Å². The fourth-order valence-electron chi connectivity index (χ4n) is 7.24. The molecule has 25 heteroatoms. The maximum Gasteiger partial charge on any atom is 0.327 e. The van der Waals surface area contributed by atoms with Crippen LogP contribution < -0.4 is 54.8 Å². The van der Waals surface area contributed by atoms with Crippen LogP contribution in [0.1, 0.15) is 78.7 Å². The van der Waals surface area contributed by atoms with Gasteiger partial charge in [0, 0.05) is 32.5 Å². The minimum absolute atomic E-state index is 0.00659. The van der Waals surface area contributed by atoms with Crippen molar-refractivity contribution in [1.29, 1.82) is 0 Å². The quantitative estimate of drug-likeness (QED) is 0.0279. The number of likely N-dealkylation sites (N-methyl/N-ethyl adjacent to an activating group) is 1. The standard InChI is InChI=1S/C48H73N13O12/c1-25(23-26(2)36(62)24-31-13-9-8-10-14-31)17-18-32-27(3)39(64)59-35(45(70)71)19-20-37(63)61(7)30(6)42(67)55-29(5)41(66)58-34(16-12-22-54-48(51)52)44(69)60-38(46(72)73)28(4)40(65)57-33(43(68)56-32)15-11-21-53-47(49)50/h8-10,13-14,17-18,23,26-29,32-36,38,62H,6,11-12,15-16,19-22,24H2,1-5,7H3,(H,55,67)(H,56,68)(H,57,65)(H,58,66)(H,59,64)(H,60,69)(H,70,71)(H,72,73)(H4,49,50,53)(H4,51,52,54)/b18-17+,25-23+/t26-,27-,28-,29+,32-,33-,34-,35+,36-,38+/m0/s1. The zero-order valence-electron chi connectivity index (χ0n) is 42.1. The molecule has 1 heterocycles. The molecule has 10 atom stereocenters. The molecular formula is C48H73N13O12. The summed E-state index contributed by atoms with van der Waals surface area (Å²) in [5, 5.41) is 46.2. The third-order valence-corrected chi connectivity index (χ3v) is 11.9. The first-order valence-electron chi connectivity index (χ1n) is 23.7. The van der Waals surface area contributed by atoms with Crippen molar-refractivity contribution in [3.63, 3.8) is 0 Å². The normalized spacial score (nSPS) is 24.8. The van der Waals surface area contributed by atoms with Crippen LogP contribution in [-0.4, -0.2) is 148 Å². The van der Waals surface area contributed by atoms with E-state index in [2.05, 4.69) is 48.5 Å². The fourth-order valence-corrected chi connectivity index (χ4v) is 7.24. The van der Waals surface area contributed by atoms with E-state index in [0.717, 1.165) is 10.5 Å². The van der Waals surface area contributed by atoms with Crippen molar-refractivity contribution in [2.45, 2.75) is 122 Å². The zero-order valence-corrected chi connectivity index (χ0v) is 42.1. The number of carbonyl (C=O) groups excluding carboxylic acids is 7. The van der Waals surface area contributed by atoms with Gasteiger partial charge < -0.3 is 75.1 Å². The van der Waals surface area contributed by atoms with Crippen LogP contribution in [0.2, 0.25) is 0 Å². The molecule has 0 bridgehead atoms. The van der Waals surface area contributed by atoms with Gasteiger partial charge in [0.1, 0.15) is 35.9 Å². The van der Waals surface area contributed by atoms with E-state index >= 15 is 0 Å². The molecular weight excluding hydrogens is 951 g/mol. The summed E-state index contributed by atoms with van der Waals surface area (Å²) in [5.41, 5.74) is 22.9. The van der Waals surface area contributed by atoms with E-state index in [1.807, 2.05) is 30.3 Å². The summed E-state index contributed by atoms with van der Waals surface area (Å²) in [6.45, 7) is 11.0. The number of hydrogen-bond acceptors (Lipinski definition) is 12. The monoisotopic (exact) mass is 1020 g/mol. The number of carboxylic acid groups (broad SMARTS) is 2. The van der Waals surface area contributed by atoms with Gasteiger partial charge in [-0.1, -0.05) is 81.5 Å². The van der Waals surface area contributed by atoms with Gasteiger partial charge in [0.05, 0.1) is 24.0 Å². The molecule has 0 unspecified atom stereocenters. The molecule has 402 valence electrons. The van der Waals surface area contributed by atoms with Gasteiger partial charge in [0.15, 0.2) is 11.9 Å². The number of amides is 7. The number of aliphatic imine (C=N–C) groups is 2. The van der Waals surface area contributed by atoms with E-state index in [1.165, 1.54) is 33.9 Å². The number of carbonyl (C=O) groups is 9. The molecule has 1 aliphatic heterocycles. The third kappa shape index (κ3) is 21.2. The Morgan fingerprint density at radius 2 is 1.30 bits per heavy atom. The van der Waals surface area contributed by atoms with E-state index in [-0.39, 0.29) is 56.6 Å². The zero-order chi connectivity index (χ0) is 55.1. The molecule has 1 fully saturated rings. The summed E-state index contributed by atoms with van der Waals surface area (Å²) in [4.78, 5) is 130. The Morgan fingerprint density at radius 1 is 0.767 bits per heavy atom. The molecule has 25 nitrogen and oxygen atoms in total. The van der Waals surface area contributed by atoms with Crippen molar-refractivity contribution in [3.05, 3.63) is 72.0 Å². The predicted octanol–water partition coefficient (Wildman–Crippen LogP) is -2.03. The van der Waals surface area contributed by atoms with Crippen LogP contribution in [0.15, 0.2) is 76.4 Å². The number of carboxylic acids is 2. The fraction of sp³-hybridized carbons (Fsp3) is 0.521. The lowest BCUT2D eigenvalue weighted by atomic mass is 9.94. The molecule has 1 saturated heterocycles. The van der Waals surface area contributed by atoms with Crippen molar-refractivity contribution in [2.24, 2.45) is 50.7 Å². The average Bonchev–Trinajstić information content (AvgIpc) is 3.33. The number of guanidine groups is 2. The second kappa shape index (κ2) is 30.1. The highest BCUT2D eigenvalue weighted by Crippen LogP contribution is 2.17. The molecule has 0 aliphatic carbocycles. The lowest BCUT2D eigenvalue weighted by Gasteiger charge is -2.28. The number of rotatable bonds is 16. The predicted molar refractivity (Wildman–Crippen MR) is 270 cm³/mol.